The molecule has 0 amide bonds. The van der Waals surface area contributed by atoms with E-state index in [1.807, 2.05) is 18.2 Å². The van der Waals surface area contributed by atoms with Crippen molar-refractivity contribution in [1.29, 1.82) is 5.26 Å². The molecule has 0 fully saturated rings. The molecular formula is C11H7NS. The van der Waals surface area contributed by atoms with E-state index in [2.05, 4.69) is 23.6 Å². The minimum Gasteiger partial charge on any atom is -0.193 e. The Hall–Kier alpha value is -1.59. The van der Waals surface area contributed by atoms with E-state index >= 15 is 0 Å². The second kappa shape index (κ2) is 3.42. The summed E-state index contributed by atoms with van der Waals surface area (Å²) in [5, 5.41) is 11.7. The number of fused-ring (bicyclic) bond motifs is 1. The molecule has 0 aliphatic carbocycles. The molecule has 0 saturated carbocycles. The SMILES string of the molecule is N#CC=Cc1ccc2sccc2c1. The molecule has 1 heterocycles. The van der Waals surface area contributed by atoms with Crippen molar-refractivity contribution in [2.24, 2.45) is 0 Å². The summed E-state index contributed by atoms with van der Waals surface area (Å²) in [5.41, 5.74) is 1.08. The number of allylic oxidation sites excluding steroid dienone is 1. The van der Waals surface area contributed by atoms with Gasteiger partial charge in [0.15, 0.2) is 0 Å². The quantitative estimate of drug-likeness (QED) is 0.624. The van der Waals surface area contributed by atoms with E-state index in [1.165, 1.54) is 16.2 Å². The number of rotatable bonds is 1. The van der Waals surface area contributed by atoms with E-state index in [0.29, 0.717) is 0 Å². The molecule has 0 bridgehead atoms. The molecule has 0 aliphatic heterocycles. The van der Waals surface area contributed by atoms with Crippen molar-refractivity contribution in [3.05, 3.63) is 41.3 Å². The minimum atomic E-state index is 1.08. The third-order valence-electron chi connectivity index (χ3n) is 1.83. The highest BCUT2D eigenvalue weighted by molar-refractivity contribution is 7.17. The van der Waals surface area contributed by atoms with Crippen molar-refractivity contribution in [3.8, 4) is 6.07 Å². The second-order valence-corrected chi connectivity index (χ2v) is 3.63. The van der Waals surface area contributed by atoms with Gasteiger partial charge in [0.1, 0.15) is 0 Å². The highest BCUT2D eigenvalue weighted by atomic mass is 32.1. The van der Waals surface area contributed by atoms with Gasteiger partial charge in [-0.1, -0.05) is 6.07 Å². The summed E-state index contributed by atoms with van der Waals surface area (Å²) in [6.07, 6.45) is 3.31. The number of hydrogen-bond donors (Lipinski definition) is 0. The first-order valence-corrected chi connectivity index (χ1v) is 4.81. The Balaban J connectivity index is 2.49. The highest BCUT2D eigenvalue weighted by Gasteiger charge is 1.93. The fourth-order valence-corrected chi connectivity index (χ4v) is 1.99. The van der Waals surface area contributed by atoms with Crippen LogP contribution >= 0.6 is 11.3 Å². The van der Waals surface area contributed by atoms with Crippen LogP contribution in [0.3, 0.4) is 0 Å². The average molecular weight is 185 g/mol. The van der Waals surface area contributed by atoms with Crippen LogP contribution in [-0.4, -0.2) is 0 Å². The Kier molecular flexibility index (Phi) is 2.11. The number of nitrogens with zero attached hydrogens (tertiary/aromatic N) is 1. The zero-order valence-corrected chi connectivity index (χ0v) is 7.71. The zero-order valence-electron chi connectivity index (χ0n) is 6.90. The van der Waals surface area contributed by atoms with Gasteiger partial charge in [-0.25, -0.2) is 0 Å². The molecule has 0 radical (unpaired) electrons. The van der Waals surface area contributed by atoms with Gasteiger partial charge < -0.3 is 0 Å². The normalized spacial score (nSPS) is 10.7. The Bertz CT molecular complexity index is 488. The monoisotopic (exact) mass is 185 g/mol. The zero-order chi connectivity index (χ0) is 9.10. The maximum atomic E-state index is 8.37. The molecule has 0 saturated heterocycles. The Morgan fingerprint density at radius 2 is 2.23 bits per heavy atom. The summed E-state index contributed by atoms with van der Waals surface area (Å²) in [7, 11) is 0. The summed E-state index contributed by atoms with van der Waals surface area (Å²) in [6, 6.07) is 10.3. The van der Waals surface area contributed by atoms with E-state index in [1.54, 1.807) is 11.3 Å². The van der Waals surface area contributed by atoms with Crippen molar-refractivity contribution in [2.75, 3.05) is 0 Å². The van der Waals surface area contributed by atoms with Crippen molar-refractivity contribution < 1.29 is 0 Å². The lowest BCUT2D eigenvalue weighted by atomic mass is 10.1. The first kappa shape index (κ1) is 8.03. The molecule has 13 heavy (non-hydrogen) atoms. The first-order valence-electron chi connectivity index (χ1n) is 3.93. The van der Waals surface area contributed by atoms with Crippen LogP contribution in [0.4, 0.5) is 0 Å². The van der Waals surface area contributed by atoms with Gasteiger partial charge in [0, 0.05) is 10.8 Å². The van der Waals surface area contributed by atoms with Gasteiger partial charge in [0.2, 0.25) is 0 Å². The van der Waals surface area contributed by atoms with Crippen LogP contribution in [0.25, 0.3) is 16.2 Å². The molecule has 2 aromatic rings. The van der Waals surface area contributed by atoms with E-state index < -0.39 is 0 Å². The minimum absolute atomic E-state index is 1.08. The molecule has 1 aromatic carbocycles. The number of hydrogen-bond acceptors (Lipinski definition) is 2. The lowest BCUT2D eigenvalue weighted by Crippen LogP contribution is -1.69. The predicted octanol–water partition coefficient (Wildman–Crippen LogP) is 3.44. The summed E-state index contributed by atoms with van der Waals surface area (Å²) < 4.78 is 1.29. The maximum absolute atomic E-state index is 8.37. The Labute approximate surface area is 80.6 Å². The molecule has 0 spiro atoms. The highest BCUT2D eigenvalue weighted by Crippen LogP contribution is 2.22. The molecule has 2 rings (SSSR count). The molecule has 0 atom stereocenters. The number of thiophene rings is 1. The van der Waals surface area contributed by atoms with Gasteiger partial charge in [0.25, 0.3) is 0 Å². The van der Waals surface area contributed by atoms with Gasteiger partial charge in [0.05, 0.1) is 6.07 Å². The number of nitriles is 1. The third kappa shape index (κ3) is 1.61. The fraction of sp³-hybridized carbons (Fsp3) is 0. The van der Waals surface area contributed by atoms with E-state index in [4.69, 9.17) is 5.26 Å². The van der Waals surface area contributed by atoms with Crippen LogP contribution in [0, 0.1) is 11.3 Å². The molecule has 1 aromatic heterocycles. The molecule has 0 N–H and O–H groups in total. The number of benzene rings is 1. The van der Waals surface area contributed by atoms with Gasteiger partial charge >= 0.3 is 0 Å². The smallest absolute Gasteiger partial charge is 0.0912 e. The third-order valence-corrected chi connectivity index (χ3v) is 2.72. The van der Waals surface area contributed by atoms with Crippen molar-refractivity contribution >= 4 is 27.5 Å². The van der Waals surface area contributed by atoms with Gasteiger partial charge in [-0.2, -0.15) is 5.26 Å². The van der Waals surface area contributed by atoms with Crippen LogP contribution in [0.2, 0.25) is 0 Å². The molecular weight excluding hydrogens is 178 g/mol. The van der Waals surface area contributed by atoms with E-state index in [0.717, 1.165) is 5.56 Å². The Morgan fingerprint density at radius 1 is 1.31 bits per heavy atom. The van der Waals surface area contributed by atoms with Crippen LogP contribution in [0.1, 0.15) is 5.56 Å². The standard InChI is InChI=1S/C11H7NS/c12-6-1-2-9-3-4-11-10(8-9)5-7-13-11/h1-5,7-8H. The Morgan fingerprint density at radius 3 is 3.08 bits per heavy atom. The summed E-state index contributed by atoms with van der Waals surface area (Å²) >= 11 is 1.73. The van der Waals surface area contributed by atoms with Crippen molar-refractivity contribution in [1.82, 2.24) is 0 Å². The molecule has 0 aliphatic rings. The summed E-state index contributed by atoms with van der Waals surface area (Å²) in [6.45, 7) is 0. The topological polar surface area (TPSA) is 23.8 Å². The van der Waals surface area contributed by atoms with E-state index in [9.17, 15) is 0 Å². The molecule has 62 valence electrons. The summed E-state index contributed by atoms with van der Waals surface area (Å²) in [5.74, 6) is 0. The average Bonchev–Trinajstić information content (AvgIpc) is 2.61. The van der Waals surface area contributed by atoms with E-state index in [-0.39, 0.29) is 0 Å². The molecule has 2 heteroatoms. The lowest BCUT2D eigenvalue weighted by molar-refractivity contribution is 1.54. The van der Waals surface area contributed by atoms with Gasteiger partial charge in [-0.05, 0) is 40.6 Å². The molecule has 1 nitrogen and oxygen atoms in total. The molecule has 0 unspecified atom stereocenters. The van der Waals surface area contributed by atoms with Gasteiger partial charge in [-0.15, -0.1) is 11.3 Å². The van der Waals surface area contributed by atoms with Crippen LogP contribution in [0.15, 0.2) is 35.7 Å². The lowest BCUT2D eigenvalue weighted by Gasteiger charge is -1.92. The summed E-state index contributed by atoms with van der Waals surface area (Å²) in [4.78, 5) is 0. The van der Waals surface area contributed by atoms with Crippen LogP contribution in [-0.2, 0) is 0 Å². The van der Waals surface area contributed by atoms with Crippen molar-refractivity contribution in [3.63, 3.8) is 0 Å². The largest absolute Gasteiger partial charge is 0.193 e. The second-order valence-electron chi connectivity index (χ2n) is 2.68. The first-order chi connectivity index (χ1) is 6.40. The van der Waals surface area contributed by atoms with Crippen molar-refractivity contribution in [2.45, 2.75) is 0 Å². The maximum Gasteiger partial charge on any atom is 0.0912 e. The van der Waals surface area contributed by atoms with Gasteiger partial charge in [-0.3, -0.25) is 0 Å². The fourth-order valence-electron chi connectivity index (χ4n) is 1.22. The predicted molar refractivity (Wildman–Crippen MR) is 56.5 cm³/mol. The van der Waals surface area contributed by atoms with Crippen LogP contribution < -0.4 is 0 Å². The van der Waals surface area contributed by atoms with Crippen LogP contribution in [0.5, 0.6) is 0 Å².